The summed E-state index contributed by atoms with van der Waals surface area (Å²) < 4.78 is 11.9. The number of aliphatic hydroxyl groups excluding tert-OH is 1. The first kappa shape index (κ1) is 36.5. The molecule has 1 aromatic rings. The molecule has 0 fully saturated rings. The molecule has 5 heteroatoms. The zero-order valence-electron chi connectivity index (χ0n) is 26.7. The molecule has 0 radical (unpaired) electrons. The number of hydrogen-bond acceptors (Lipinski definition) is 5. The van der Waals surface area contributed by atoms with E-state index in [1.807, 2.05) is 39.0 Å². The van der Waals surface area contributed by atoms with Crippen molar-refractivity contribution in [3.8, 4) is 5.75 Å². The van der Waals surface area contributed by atoms with Gasteiger partial charge in [0.1, 0.15) is 5.75 Å². The molecule has 5 atom stereocenters. The number of benzene rings is 1. The Labute approximate surface area is 250 Å². The summed E-state index contributed by atoms with van der Waals surface area (Å²) in [7, 11) is 1.68. The van der Waals surface area contributed by atoms with Crippen molar-refractivity contribution in [2.24, 2.45) is 17.8 Å². The minimum Gasteiger partial charge on any atom is -0.497 e. The summed E-state index contributed by atoms with van der Waals surface area (Å²) in [5.41, 5.74) is 3.05. The van der Waals surface area contributed by atoms with Crippen LogP contribution >= 0.6 is 11.8 Å². The van der Waals surface area contributed by atoms with E-state index in [1.165, 1.54) is 63.1 Å². The Morgan fingerprint density at radius 2 is 1.55 bits per heavy atom. The van der Waals surface area contributed by atoms with Gasteiger partial charge < -0.3 is 14.6 Å². The Balaban J connectivity index is 2.88. The fourth-order valence-electron chi connectivity index (χ4n) is 5.31. The van der Waals surface area contributed by atoms with E-state index in [-0.39, 0.29) is 17.1 Å². The second-order valence-corrected chi connectivity index (χ2v) is 12.8. The SMILES string of the molecule is CCCCCCCCCC[C@H](C)[C@@H](OCc1ccc(OC)cc1)[C@@H](C)/C=C(C)/C=C(\C)[C@@H](O)[C@H](C)C(=O)SCC. The number of carbonyl (C=O) groups is 1. The number of methoxy groups -OCH3 is 1. The Morgan fingerprint density at radius 3 is 2.12 bits per heavy atom. The zero-order chi connectivity index (χ0) is 29.9. The molecule has 0 saturated heterocycles. The third kappa shape index (κ3) is 14.4. The van der Waals surface area contributed by atoms with Crippen molar-refractivity contribution in [3.63, 3.8) is 0 Å². The molecule has 1 N–H and O–H groups in total. The summed E-state index contributed by atoms with van der Waals surface area (Å²) in [6.45, 7) is 15.1. The van der Waals surface area contributed by atoms with Crippen molar-refractivity contribution >= 4 is 16.9 Å². The van der Waals surface area contributed by atoms with Gasteiger partial charge in [-0.3, -0.25) is 4.79 Å². The third-order valence-corrected chi connectivity index (χ3v) is 8.72. The van der Waals surface area contributed by atoms with E-state index in [4.69, 9.17) is 9.47 Å². The number of aliphatic hydroxyl groups is 1. The molecule has 0 amide bonds. The quantitative estimate of drug-likeness (QED) is 0.117. The molecule has 0 aliphatic heterocycles. The van der Waals surface area contributed by atoms with Gasteiger partial charge in [-0.25, -0.2) is 0 Å². The highest BCUT2D eigenvalue weighted by Gasteiger charge is 2.25. The number of rotatable bonds is 21. The van der Waals surface area contributed by atoms with Crippen molar-refractivity contribution in [1.82, 2.24) is 0 Å². The Morgan fingerprint density at radius 1 is 0.950 bits per heavy atom. The van der Waals surface area contributed by atoms with Crippen LogP contribution in [0.5, 0.6) is 5.75 Å². The molecule has 0 aromatic heterocycles. The molecule has 40 heavy (non-hydrogen) atoms. The van der Waals surface area contributed by atoms with Crippen molar-refractivity contribution in [3.05, 3.63) is 53.1 Å². The summed E-state index contributed by atoms with van der Waals surface area (Å²) >= 11 is 1.28. The molecule has 0 aliphatic rings. The van der Waals surface area contributed by atoms with Crippen LogP contribution in [-0.2, 0) is 16.1 Å². The normalized spacial score (nSPS) is 16.3. The highest BCUT2D eigenvalue weighted by atomic mass is 32.2. The van der Waals surface area contributed by atoms with E-state index in [1.54, 1.807) is 7.11 Å². The van der Waals surface area contributed by atoms with Gasteiger partial charge in [0.15, 0.2) is 5.12 Å². The molecule has 1 rings (SSSR count). The van der Waals surface area contributed by atoms with Crippen molar-refractivity contribution in [2.45, 2.75) is 125 Å². The lowest BCUT2D eigenvalue weighted by atomic mass is 9.87. The van der Waals surface area contributed by atoms with Crippen molar-refractivity contribution in [2.75, 3.05) is 12.9 Å². The first-order chi connectivity index (χ1) is 19.1. The van der Waals surface area contributed by atoms with Crippen LogP contribution in [-0.4, -0.2) is 35.3 Å². The maximum Gasteiger partial charge on any atom is 0.194 e. The first-order valence-electron chi connectivity index (χ1n) is 15.6. The van der Waals surface area contributed by atoms with Gasteiger partial charge in [-0.15, -0.1) is 0 Å². The first-order valence-corrected chi connectivity index (χ1v) is 16.6. The van der Waals surface area contributed by atoms with Crippen molar-refractivity contribution in [1.29, 1.82) is 0 Å². The Bertz CT molecular complexity index is 876. The fourth-order valence-corrected chi connectivity index (χ4v) is 5.99. The smallest absolute Gasteiger partial charge is 0.194 e. The molecular weight excluding hydrogens is 516 g/mol. The van der Waals surface area contributed by atoms with Crippen LogP contribution in [0.4, 0.5) is 0 Å². The largest absolute Gasteiger partial charge is 0.497 e. The summed E-state index contributed by atoms with van der Waals surface area (Å²) in [4.78, 5) is 12.3. The van der Waals surface area contributed by atoms with E-state index in [9.17, 15) is 9.90 Å². The van der Waals surface area contributed by atoms with Gasteiger partial charge in [0, 0.05) is 5.92 Å². The van der Waals surface area contributed by atoms with E-state index >= 15 is 0 Å². The van der Waals surface area contributed by atoms with Crippen LogP contribution in [0.3, 0.4) is 0 Å². The van der Waals surface area contributed by atoms with Crippen molar-refractivity contribution < 1.29 is 19.4 Å². The van der Waals surface area contributed by atoms with Gasteiger partial charge in [-0.2, -0.15) is 0 Å². The molecule has 0 spiro atoms. The minimum atomic E-state index is -0.770. The predicted octanol–water partition coefficient (Wildman–Crippen LogP) is 9.55. The molecule has 0 heterocycles. The lowest BCUT2D eigenvalue weighted by Crippen LogP contribution is -2.28. The third-order valence-electron chi connectivity index (χ3n) is 7.77. The summed E-state index contributed by atoms with van der Waals surface area (Å²) in [6.07, 6.45) is 15.3. The molecular formula is C35H58O4S. The zero-order valence-corrected chi connectivity index (χ0v) is 27.5. The molecule has 0 bridgehead atoms. The number of hydrogen-bond donors (Lipinski definition) is 1. The molecule has 0 saturated carbocycles. The average molecular weight is 575 g/mol. The van der Waals surface area contributed by atoms with E-state index in [0.717, 1.165) is 34.6 Å². The average Bonchev–Trinajstić information content (AvgIpc) is 2.94. The van der Waals surface area contributed by atoms with Crippen LogP contribution in [0, 0.1) is 17.8 Å². The lowest BCUT2D eigenvalue weighted by molar-refractivity contribution is -0.116. The fraction of sp³-hybridized carbons (Fsp3) is 0.686. The topological polar surface area (TPSA) is 55.8 Å². The Hall–Kier alpha value is -1.56. The summed E-state index contributed by atoms with van der Waals surface area (Å²) in [5, 5.41) is 10.8. The van der Waals surface area contributed by atoms with Crippen LogP contribution in [0.1, 0.15) is 112 Å². The van der Waals surface area contributed by atoms with E-state index < -0.39 is 12.0 Å². The maximum absolute atomic E-state index is 12.3. The number of ether oxygens (including phenoxy) is 2. The van der Waals surface area contributed by atoms with Crippen LogP contribution in [0.25, 0.3) is 0 Å². The van der Waals surface area contributed by atoms with E-state index in [0.29, 0.717) is 12.5 Å². The van der Waals surface area contributed by atoms with Gasteiger partial charge in [-0.1, -0.05) is 128 Å². The Kier molecular flexibility index (Phi) is 19.3. The monoisotopic (exact) mass is 574 g/mol. The second-order valence-electron chi connectivity index (χ2n) is 11.5. The van der Waals surface area contributed by atoms with Gasteiger partial charge in [0.2, 0.25) is 0 Å². The van der Waals surface area contributed by atoms with Crippen LogP contribution in [0.2, 0.25) is 0 Å². The van der Waals surface area contributed by atoms with Gasteiger partial charge in [-0.05, 0) is 55.2 Å². The highest BCUT2D eigenvalue weighted by molar-refractivity contribution is 8.13. The van der Waals surface area contributed by atoms with Gasteiger partial charge in [0.05, 0.1) is 31.8 Å². The number of unbranched alkanes of at least 4 members (excludes halogenated alkanes) is 7. The minimum absolute atomic E-state index is 0.0412. The molecule has 4 nitrogen and oxygen atoms in total. The number of carbonyl (C=O) groups excluding carboxylic acids is 1. The summed E-state index contributed by atoms with van der Waals surface area (Å²) in [5.74, 6) is 1.79. The maximum atomic E-state index is 12.3. The van der Waals surface area contributed by atoms with Crippen LogP contribution < -0.4 is 4.74 Å². The number of thioether (sulfide) groups is 1. The van der Waals surface area contributed by atoms with E-state index in [2.05, 4.69) is 45.9 Å². The highest BCUT2D eigenvalue weighted by Crippen LogP contribution is 2.27. The lowest BCUT2D eigenvalue weighted by Gasteiger charge is -2.29. The molecule has 228 valence electrons. The van der Waals surface area contributed by atoms with Gasteiger partial charge in [0.25, 0.3) is 0 Å². The second kappa shape index (κ2) is 21.2. The molecule has 0 aliphatic carbocycles. The molecule has 1 aromatic carbocycles. The summed E-state index contributed by atoms with van der Waals surface area (Å²) in [6, 6.07) is 8.10. The standard InChI is InChI=1S/C35H58O4S/c1-9-11-12-13-14-15-16-17-18-27(4)34(39-25-31-19-21-32(38-8)22-20-31)29(6)24-26(3)23-28(5)33(36)30(7)35(37)40-10-2/h19-24,27,29-30,33-34,36H,9-18,25H2,1-8H3/b26-24+,28-23+/t27-,29-,30-,33+,34+/m0/s1. The van der Waals surface area contributed by atoms with Gasteiger partial charge >= 0.3 is 0 Å². The molecule has 0 unspecified atom stereocenters. The van der Waals surface area contributed by atoms with Crippen LogP contribution in [0.15, 0.2) is 47.6 Å². The predicted molar refractivity (Wildman–Crippen MR) is 173 cm³/mol. The number of allylic oxidation sites excluding steroid dienone is 2.